The Balaban J connectivity index is 1.29. The first-order chi connectivity index (χ1) is 19.1. The van der Waals surface area contributed by atoms with Crippen LogP contribution in [0.25, 0.3) is 16.6 Å². The van der Waals surface area contributed by atoms with Crippen LogP contribution in [-0.4, -0.2) is 46.2 Å². The minimum absolute atomic E-state index is 0.133. The highest BCUT2D eigenvalue weighted by atomic mass is 35.5. The molecule has 0 radical (unpaired) electrons. The van der Waals surface area contributed by atoms with Gasteiger partial charge < -0.3 is 15.5 Å². The molecule has 2 aromatic carbocycles. The Bertz CT molecular complexity index is 1910. The monoisotopic (exact) mass is 576 g/mol. The number of nitrogens with two attached hydrogens (primary N) is 1. The lowest BCUT2D eigenvalue weighted by Crippen LogP contribution is -2.25. The third-order valence-electron chi connectivity index (χ3n) is 6.94. The zero-order valence-corrected chi connectivity index (χ0v) is 23.3. The molecule has 3 aromatic heterocycles. The zero-order chi connectivity index (χ0) is 28.2. The van der Waals surface area contributed by atoms with E-state index in [1.807, 2.05) is 32.0 Å². The van der Waals surface area contributed by atoms with Crippen LogP contribution in [0.1, 0.15) is 33.6 Å². The molecule has 0 bridgehead atoms. The van der Waals surface area contributed by atoms with E-state index in [2.05, 4.69) is 15.1 Å². The number of ether oxygens (including phenoxy) is 1. The predicted octanol–water partition coefficient (Wildman–Crippen LogP) is 5.16. The Labute approximate surface area is 235 Å². The quantitative estimate of drug-likeness (QED) is 0.266. The van der Waals surface area contributed by atoms with Gasteiger partial charge in [-0.3, -0.25) is 9.10 Å². The summed E-state index contributed by atoms with van der Waals surface area (Å²) in [7, 11) is -3.33. The molecule has 6 rings (SSSR count). The number of hydrogen-bond donors (Lipinski definition) is 2. The molecule has 4 heterocycles. The number of hydrogen-bond acceptors (Lipinski definition) is 7. The summed E-state index contributed by atoms with van der Waals surface area (Å²) in [5.41, 5.74) is 10.4. The second-order valence-corrected chi connectivity index (χ2v) is 12.1. The highest BCUT2D eigenvalue weighted by Gasteiger charge is 2.30. The van der Waals surface area contributed by atoms with Crippen LogP contribution >= 0.6 is 11.6 Å². The molecule has 1 fully saturated rings. The van der Waals surface area contributed by atoms with E-state index in [9.17, 15) is 13.2 Å². The normalized spacial score (nSPS) is 14.6. The average molecular weight is 577 g/mol. The number of fused-ring (bicyclic) bond motifs is 1. The molecule has 12 heteroatoms. The second kappa shape index (κ2) is 9.68. The fraction of sp³-hybridized carbons (Fsp3) is 0.179. The standard InChI is InChI=1S/C28H25ClN6O4S/c1-16-10-18-12-22(33-21(18)13-23(16)34-8-5-9-40(34,37)38)27(36)19-14-32-35(28(19)30)24-15-31-26(11-17(24)2)39-25-7-4-3-6-20(25)29/h3-4,6-7,10-15,33H,5,8-9,30H2,1-2H3. The SMILES string of the molecule is Cc1cc2cc(C(=O)c3cnn(-c4cnc(Oc5ccccc5Cl)cc4C)c3N)[nH]c2cc1N1CCCS1(=O)=O. The average Bonchev–Trinajstić information content (AvgIpc) is 3.60. The summed E-state index contributed by atoms with van der Waals surface area (Å²) in [4.78, 5) is 21.0. The molecule has 0 atom stereocenters. The van der Waals surface area contributed by atoms with Crippen molar-refractivity contribution in [3.8, 4) is 17.3 Å². The fourth-order valence-corrected chi connectivity index (χ4v) is 6.69. The Kier molecular flexibility index (Phi) is 6.27. The maximum Gasteiger partial charge on any atom is 0.235 e. The maximum absolute atomic E-state index is 13.5. The molecule has 40 heavy (non-hydrogen) atoms. The van der Waals surface area contributed by atoms with Crippen LogP contribution < -0.4 is 14.8 Å². The van der Waals surface area contributed by atoms with Crippen LogP contribution in [0.5, 0.6) is 11.6 Å². The summed E-state index contributed by atoms with van der Waals surface area (Å²) in [6, 6.07) is 14.2. The number of carbonyl (C=O) groups excluding carboxylic acids is 1. The van der Waals surface area contributed by atoms with Crippen molar-refractivity contribution in [3.05, 3.63) is 88.3 Å². The van der Waals surface area contributed by atoms with Crippen LogP contribution in [0.2, 0.25) is 5.02 Å². The van der Waals surface area contributed by atoms with Crippen molar-refractivity contribution in [3.63, 3.8) is 0 Å². The molecule has 0 spiro atoms. The van der Waals surface area contributed by atoms with E-state index in [-0.39, 0.29) is 22.9 Å². The smallest absolute Gasteiger partial charge is 0.235 e. The van der Waals surface area contributed by atoms with Gasteiger partial charge in [-0.2, -0.15) is 5.10 Å². The topological polar surface area (TPSA) is 136 Å². The highest BCUT2D eigenvalue weighted by Crippen LogP contribution is 2.33. The number of rotatable bonds is 6. The lowest BCUT2D eigenvalue weighted by molar-refractivity contribution is 0.103. The number of anilines is 2. The molecule has 204 valence electrons. The number of H-pyrrole nitrogens is 1. The van der Waals surface area contributed by atoms with E-state index in [4.69, 9.17) is 22.1 Å². The van der Waals surface area contributed by atoms with Crippen LogP contribution in [0.15, 0.2) is 60.9 Å². The molecule has 1 aliphatic heterocycles. The number of pyridine rings is 1. The zero-order valence-electron chi connectivity index (χ0n) is 21.7. The number of carbonyl (C=O) groups is 1. The van der Waals surface area contributed by atoms with Crippen LogP contribution in [0.3, 0.4) is 0 Å². The Morgan fingerprint density at radius 1 is 1.07 bits per heavy atom. The molecule has 1 aliphatic rings. The highest BCUT2D eigenvalue weighted by molar-refractivity contribution is 7.93. The van der Waals surface area contributed by atoms with Crippen molar-refractivity contribution in [1.29, 1.82) is 0 Å². The Hall–Kier alpha value is -4.35. The molecule has 0 saturated carbocycles. The van der Waals surface area contributed by atoms with E-state index in [0.29, 0.717) is 52.2 Å². The number of para-hydroxylation sites is 1. The van der Waals surface area contributed by atoms with Crippen molar-refractivity contribution < 1.29 is 17.9 Å². The molecule has 0 unspecified atom stereocenters. The number of nitrogens with one attached hydrogen (secondary N) is 1. The summed E-state index contributed by atoms with van der Waals surface area (Å²) in [5, 5.41) is 5.61. The predicted molar refractivity (Wildman–Crippen MR) is 154 cm³/mol. The van der Waals surface area contributed by atoms with Crippen molar-refractivity contribution in [2.45, 2.75) is 20.3 Å². The van der Waals surface area contributed by atoms with Gasteiger partial charge in [-0.05, 0) is 61.7 Å². The Morgan fingerprint density at radius 3 is 2.58 bits per heavy atom. The number of nitrogens with zero attached hydrogens (tertiary/aromatic N) is 4. The third kappa shape index (κ3) is 4.46. The number of aromatic nitrogens is 4. The molecular weight excluding hydrogens is 552 g/mol. The molecule has 10 nitrogen and oxygen atoms in total. The molecular formula is C28H25ClN6O4S. The molecule has 0 amide bonds. The summed E-state index contributed by atoms with van der Waals surface area (Å²) >= 11 is 6.18. The van der Waals surface area contributed by atoms with E-state index < -0.39 is 10.0 Å². The lowest BCUT2D eigenvalue weighted by Gasteiger charge is -2.19. The first-order valence-corrected chi connectivity index (χ1v) is 14.5. The number of ketones is 1. The molecule has 3 N–H and O–H groups in total. The van der Waals surface area contributed by atoms with Crippen LogP contribution in [-0.2, 0) is 10.0 Å². The van der Waals surface area contributed by atoms with Crippen molar-refractivity contribution >= 4 is 49.8 Å². The Morgan fingerprint density at radius 2 is 1.85 bits per heavy atom. The number of aromatic amines is 1. The van der Waals surface area contributed by atoms with Gasteiger partial charge in [0.2, 0.25) is 21.7 Å². The second-order valence-electron chi connectivity index (χ2n) is 9.68. The van der Waals surface area contributed by atoms with Crippen molar-refractivity contribution in [2.24, 2.45) is 0 Å². The third-order valence-corrected chi connectivity index (χ3v) is 9.11. The first-order valence-electron chi connectivity index (χ1n) is 12.5. The number of nitrogen functional groups attached to an aromatic ring is 1. The molecule has 0 aliphatic carbocycles. The first kappa shape index (κ1) is 25.9. The summed E-state index contributed by atoms with van der Waals surface area (Å²) in [6.45, 7) is 4.16. The van der Waals surface area contributed by atoms with Gasteiger partial charge in [0.05, 0.1) is 45.8 Å². The van der Waals surface area contributed by atoms with Gasteiger partial charge in [-0.15, -0.1) is 0 Å². The van der Waals surface area contributed by atoms with Crippen LogP contribution in [0.4, 0.5) is 11.5 Å². The largest absolute Gasteiger partial charge is 0.437 e. The number of aryl methyl sites for hydroxylation is 2. The van der Waals surface area contributed by atoms with Gasteiger partial charge in [0.1, 0.15) is 11.6 Å². The van der Waals surface area contributed by atoms with E-state index in [0.717, 1.165) is 16.5 Å². The molecule has 1 saturated heterocycles. The minimum Gasteiger partial charge on any atom is -0.437 e. The van der Waals surface area contributed by atoms with Gasteiger partial charge in [0.15, 0.2) is 0 Å². The van der Waals surface area contributed by atoms with Gasteiger partial charge in [-0.25, -0.2) is 18.1 Å². The number of sulfonamides is 1. The van der Waals surface area contributed by atoms with Gasteiger partial charge in [0.25, 0.3) is 0 Å². The lowest BCUT2D eigenvalue weighted by atomic mass is 10.1. The van der Waals surface area contributed by atoms with E-state index in [1.165, 1.54) is 15.2 Å². The van der Waals surface area contributed by atoms with Gasteiger partial charge in [-0.1, -0.05) is 23.7 Å². The summed E-state index contributed by atoms with van der Waals surface area (Å²) in [5.74, 6) is 0.795. The van der Waals surface area contributed by atoms with E-state index >= 15 is 0 Å². The van der Waals surface area contributed by atoms with Crippen molar-refractivity contribution in [1.82, 2.24) is 19.7 Å². The number of benzene rings is 2. The summed E-state index contributed by atoms with van der Waals surface area (Å²) in [6.07, 6.45) is 3.58. The minimum atomic E-state index is -3.33. The maximum atomic E-state index is 13.5. The fourth-order valence-electron chi connectivity index (χ4n) is 4.89. The van der Waals surface area contributed by atoms with Gasteiger partial charge >= 0.3 is 0 Å². The van der Waals surface area contributed by atoms with Crippen LogP contribution in [0, 0.1) is 13.8 Å². The number of halogens is 1. The molecule has 5 aromatic rings. The van der Waals surface area contributed by atoms with Gasteiger partial charge in [0, 0.05) is 23.5 Å². The van der Waals surface area contributed by atoms with Crippen molar-refractivity contribution in [2.75, 3.05) is 22.3 Å². The summed E-state index contributed by atoms with van der Waals surface area (Å²) < 4.78 is 33.6. The van der Waals surface area contributed by atoms with E-state index in [1.54, 1.807) is 36.5 Å².